The standard InChI is InChI=1S/C13H8FNOSe/c14-9-7-8(5-6-11(9)16)13-15-10-3-1-2-4-12(10)17-13/h1-7,16H. The van der Waals surface area contributed by atoms with Crippen LogP contribution < -0.4 is 0 Å². The second-order valence-corrected chi connectivity index (χ2v) is 5.82. The van der Waals surface area contributed by atoms with Crippen molar-refractivity contribution >= 4 is 24.3 Å². The predicted molar refractivity (Wildman–Crippen MR) is 65.7 cm³/mol. The summed E-state index contributed by atoms with van der Waals surface area (Å²) in [6.07, 6.45) is 0. The summed E-state index contributed by atoms with van der Waals surface area (Å²) in [6.45, 7) is 0. The number of hydrogen-bond donors (Lipinski definition) is 1. The summed E-state index contributed by atoms with van der Waals surface area (Å²) in [5.74, 6) is -0.922. The van der Waals surface area contributed by atoms with Crippen LogP contribution in [0.5, 0.6) is 5.75 Å². The Morgan fingerprint density at radius 1 is 1.12 bits per heavy atom. The molecule has 0 radical (unpaired) electrons. The fraction of sp³-hybridized carbons (Fsp3) is 0. The zero-order valence-electron chi connectivity index (χ0n) is 8.72. The van der Waals surface area contributed by atoms with Gasteiger partial charge in [0.1, 0.15) is 0 Å². The van der Waals surface area contributed by atoms with Gasteiger partial charge < -0.3 is 0 Å². The Morgan fingerprint density at radius 2 is 1.94 bits per heavy atom. The zero-order valence-corrected chi connectivity index (χ0v) is 10.4. The van der Waals surface area contributed by atoms with Crippen molar-refractivity contribution < 1.29 is 9.50 Å². The quantitative estimate of drug-likeness (QED) is 0.700. The van der Waals surface area contributed by atoms with Gasteiger partial charge in [0.05, 0.1) is 0 Å². The number of para-hydroxylation sites is 1. The van der Waals surface area contributed by atoms with Crippen molar-refractivity contribution in [2.45, 2.75) is 0 Å². The molecule has 0 bridgehead atoms. The van der Waals surface area contributed by atoms with E-state index >= 15 is 0 Å². The Bertz CT molecular complexity index is 660. The molecule has 0 unspecified atom stereocenters. The third-order valence-corrected chi connectivity index (χ3v) is 4.77. The summed E-state index contributed by atoms with van der Waals surface area (Å²) in [5.41, 5.74) is 1.72. The minimum absolute atomic E-state index is 0.111. The monoisotopic (exact) mass is 293 g/mol. The molecule has 84 valence electrons. The van der Waals surface area contributed by atoms with Crippen LogP contribution in [0.15, 0.2) is 42.5 Å². The van der Waals surface area contributed by atoms with Crippen LogP contribution in [-0.2, 0) is 0 Å². The van der Waals surface area contributed by atoms with Crippen molar-refractivity contribution in [1.29, 1.82) is 0 Å². The Balaban J connectivity index is 2.17. The molecule has 3 rings (SSSR count). The van der Waals surface area contributed by atoms with Crippen LogP contribution in [0.1, 0.15) is 0 Å². The average Bonchev–Trinajstić information content (AvgIpc) is 2.76. The molecule has 2 nitrogen and oxygen atoms in total. The SMILES string of the molecule is Oc1ccc(-c2nc3ccccc3[se]2)cc1F. The summed E-state index contributed by atoms with van der Waals surface area (Å²) in [7, 11) is 0. The molecule has 0 aliphatic rings. The molecule has 1 N–H and O–H groups in total. The molecule has 0 aliphatic heterocycles. The third-order valence-electron chi connectivity index (χ3n) is 2.49. The number of halogens is 1. The second kappa shape index (κ2) is 3.99. The normalized spacial score (nSPS) is 10.9. The molecular weight excluding hydrogens is 284 g/mol. The van der Waals surface area contributed by atoms with E-state index in [1.807, 2.05) is 24.3 Å². The fourth-order valence-corrected chi connectivity index (χ4v) is 3.65. The van der Waals surface area contributed by atoms with Crippen molar-refractivity contribution in [3.63, 3.8) is 0 Å². The van der Waals surface area contributed by atoms with Crippen molar-refractivity contribution in [1.82, 2.24) is 4.98 Å². The number of rotatable bonds is 1. The maximum atomic E-state index is 13.3. The van der Waals surface area contributed by atoms with E-state index in [1.54, 1.807) is 6.07 Å². The first-order chi connectivity index (χ1) is 8.24. The van der Waals surface area contributed by atoms with Crippen LogP contribution in [0.25, 0.3) is 19.9 Å². The van der Waals surface area contributed by atoms with E-state index in [1.165, 1.54) is 16.4 Å². The van der Waals surface area contributed by atoms with E-state index < -0.39 is 5.82 Å². The topological polar surface area (TPSA) is 33.1 Å². The number of aromatic hydroxyl groups is 1. The van der Waals surface area contributed by atoms with Gasteiger partial charge in [0.25, 0.3) is 0 Å². The van der Waals surface area contributed by atoms with Gasteiger partial charge in [-0.3, -0.25) is 0 Å². The Hall–Kier alpha value is -1.64. The number of phenolic OH excluding ortho intramolecular Hbond substituents is 1. The first kappa shape index (κ1) is 10.5. The molecule has 0 amide bonds. The molecule has 3 aromatic rings. The van der Waals surface area contributed by atoms with Crippen molar-refractivity contribution in [2.75, 3.05) is 0 Å². The predicted octanol–water partition coefficient (Wildman–Crippen LogP) is 2.80. The number of fused-ring (bicyclic) bond motifs is 1. The molecule has 4 heteroatoms. The van der Waals surface area contributed by atoms with Crippen LogP contribution in [-0.4, -0.2) is 24.6 Å². The number of aromatic nitrogens is 1. The molecule has 2 aromatic carbocycles. The fourth-order valence-electron chi connectivity index (χ4n) is 1.64. The van der Waals surface area contributed by atoms with E-state index in [-0.39, 0.29) is 20.3 Å². The average molecular weight is 292 g/mol. The summed E-state index contributed by atoms with van der Waals surface area (Å²) >= 11 is 0.111. The van der Waals surface area contributed by atoms with E-state index in [0.29, 0.717) is 0 Å². The van der Waals surface area contributed by atoms with E-state index in [4.69, 9.17) is 5.11 Å². The van der Waals surface area contributed by atoms with Gasteiger partial charge in [-0.2, -0.15) is 0 Å². The van der Waals surface area contributed by atoms with Crippen molar-refractivity contribution in [3.8, 4) is 15.9 Å². The Morgan fingerprint density at radius 3 is 2.71 bits per heavy atom. The molecule has 0 saturated carbocycles. The van der Waals surface area contributed by atoms with Gasteiger partial charge >= 0.3 is 103 Å². The molecule has 1 aromatic heterocycles. The molecule has 17 heavy (non-hydrogen) atoms. The molecule has 0 spiro atoms. The summed E-state index contributed by atoms with van der Waals surface area (Å²) < 4.78 is 15.4. The van der Waals surface area contributed by atoms with Crippen LogP contribution in [0.4, 0.5) is 4.39 Å². The first-order valence-electron chi connectivity index (χ1n) is 5.08. The zero-order chi connectivity index (χ0) is 11.8. The second-order valence-electron chi connectivity index (χ2n) is 3.65. The maximum absolute atomic E-state index is 13.3. The van der Waals surface area contributed by atoms with Gasteiger partial charge in [-0.15, -0.1) is 0 Å². The number of hydrogen-bond acceptors (Lipinski definition) is 2. The third kappa shape index (κ3) is 1.86. The van der Waals surface area contributed by atoms with Crippen LogP contribution in [0.2, 0.25) is 0 Å². The van der Waals surface area contributed by atoms with Gasteiger partial charge in [0.2, 0.25) is 0 Å². The van der Waals surface area contributed by atoms with E-state index in [9.17, 15) is 4.39 Å². The van der Waals surface area contributed by atoms with Crippen LogP contribution >= 0.6 is 0 Å². The molecule has 0 aliphatic carbocycles. The summed E-state index contributed by atoms with van der Waals surface area (Å²) in [5, 5.41) is 9.15. The summed E-state index contributed by atoms with van der Waals surface area (Å²) in [6, 6.07) is 12.3. The van der Waals surface area contributed by atoms with Crippen LogP contribution in [0, 0.1) is 5.82 Å². The van der Waals surface area contributed by atoms with Gasteiger partial charge in [0.15, 0.2) is 0 Å². The van der Waals surface area contributed by atoms with Gasteiger partial charge in [-0.05, 0) is 0 Å². The molecule has 1 heterocycles. The van der Waals surface area contributed by atoms with E-state index in [0.717, 1.165) is 15.6 Å². The first-order valence-corrected chi connectivity index (χ1v) is 6.80. The van der Waals surface area contributed by atoms with E-state index in [2.05, 4.69) is 4.98 Å². The number of benzene rings is 2. The number of nitrogens with zero attached hydrogens (tertiary/aromatic N) is 1. The van der Waals surface area contributed by atoms with Crippen molar-refractivity contribution in [3.05, 3.63) is 48.3 Å². The van der Waals surface area contributed by atoms with Gasteiger partial charge in [-0.1, -0.05) is 0 Å². The molecule has 0 fully saturated rings. The Kier molecular flexibility index (Phi) is 2.46. The van der Waals surface area contributed by atoms with Gasteiger partial charge in [0, 0.05) is 0 Å². The number of phenols is 1. The van der Waals surface area contributed by atoms with Gasteiger partial charge in [-0.25, -0.2) is 0 Å². The van der Waals surface area contributed by atoms with Crippen LogP contribution in [0.3, 0.4) is 0 Å². The summed E-state index contributed by atoms with van der Waals surface area (Å²) in [4.78, 5) is 4.49. The molecular formula is C13H8FNOSe. The Labute approximate surface area is 103 Å². The minimum atomic E-state index is -0.600. The molecule has 0 atom stereocenters. The van der Waals surface area contributed by atoms with Crippen molar-refractivity contribution in [2.24, 2.45) is 0 Å². The molecule has 0 saturated heterocycles.